The highest BCUT2D eigenvalue weighted by Crippen LogP contribution is 1.78. The molecule has 0 amide bonds. The average molecular weight is 97.1 g/mol. The first-order valence-electron chi connectivity index (χ1n) is 2.11. The van der Waals surface area contributed by atoms with Gasteiger partial charge in [0.25, 0.3) is 0 Å². The van der Waals surface area contributed by atoms with Gasteiger partial charge < -0.3 is 0 Å². The topological polar surface area (TPSA) is 48.8 Å². The number of azide groups is 1. The minimum Gasteiger partial charge on any atom is -0.0826 e. The quantitative estimate of drug-likeness (QED) is 0.288. The van der Waals surface area contributed by atoms with Crippen LogP contribution in [0.4, 0.5) is 0 Å². The number of hydrogen-bond acceptors (Lipinski definition) is 1. The van der Waals surface area contributed by atoms with Gasteiger partial charge >= 0.3 is 0 Å². The van der Waals surface area contributed by atoms with E-state index in [0.717, 1.165) is 6.42 Å². The molecule has 0 bridgehead atoms. The number of hydrogen-bond donors (Lipinski definition) is 0. The minimum atomic E-state index is 0.916. The highest BCUT2D eigenvalue weighted by Gasteiger charge is 1.57. The number of rotatable bonds is 2. The van der Waals surface area contributed by atoms with Gasteiger partial charge in [-0.25, -0.2) is 0 Å². The fourth-order valence-electron chi connectivity index (χ4n) is 0.182. The SMILES string of the molecule is CC/C=C\N=[N+]=[N-]. The van der Waals surface area contributed by atoms with E-state index in [9.17, 15) is 0 Å². The van der Waals surface area contributed by atoms with Crippen molar-refractivity contribution in [2.75, 3.05) is 0 Å². The van der Waals surface area contributed by atoms with Crippen molar-refractivity contribution < 1.29 is 0 Å². The molecular weight excluding hydrogens is 90.1 g/mol. The first kappa shape index (κ1) is 6.05. The summed E-state index contributed by atoms with van der Waals surface area (Å²) in [4.78, 5) is 2.51. The Balaban J connectivity index is 3.27. The predicted octanol–water partition coefficient (Wildman–Crippen LogP) is 2.22. The van der Waals surface area contributed by atoms with Gasteiger partial charge in [-0.1, -0.05) is 18.1 Å². The maximum absolute atomic E-state index is 7.70. The maximum Gasteiger partial charge on any atom is 0.00474 e. The van der Waals surface area contributed by atoms with Gasteiger partial charge in [0.2, 0.25) is 0 Å². The Morgan fingerprint density at radius 3 is 3.00 bits per heavy atom. The van der Waals surface area contributed by atoms with Crippen molar-refractivity contribution in [2.24, 2.45) is 5.11 Å². The van der Waals surface area contributed by atoms with Crippen LogP contribution in [0.1, 0.15) is 13.3 Å². The lowest BCUT2D eigenvalue weighted by atomic mass is 10.5. The van der Waals surface area contributed by atoms with Crippen LogP contribution in [0.2, 0.25) is 0 Å². The van der Waals surface area contributed by atoms with Crippen LogP contribution in [0.5, 0.6) is 0 Å². The van der Waals surface area contributed by atoms with Gasteiger partial charge in [0.1, 0.15) is 0 Å². The third-order valence-corrected chi connectivity index (χ3v) is 0.459. The molecule has 0 fully saturated rings. The Kier molecular flexibility index (Phi) is 4.36. The lowest BCUT2D eigenvalue weighted by Gasteiger charge is -1.66. The largest absolute Gasteiger partial charge is 0.0826 e. The fourth-order valence-corrected chi connectivity index (χ4v) is 0.182. The standard InChI is InChI=1S/C4H7N3/c1-2-3-4-6-7-5/h3-4H,2H2,1H3/b4-3-. The second-order valence-corrected chi connectivity index (χ2v) is 0.998. The molecule has 0 saturated carbocycles. The molecule has 0 rings (SSSR count). The molecular formula is C4H7N3. The first-order chi connectivity index (χ1) is 3.41. The lowest BCUT2D eigenvalue weighted by molar-refractivity contribution is 1.21. The molecule has 0 aliphatic rings. The normalized spacial score (nSPS) is 8.71. The molecule has 0 spiro atoms. The summed E-state index contributed by atoms with van der Waals surface area (Å²) >= 11 is 0. The minimum absolute atomic E-state index is 0.916. The van der Waals surface area contributed by atoms with Crippen molar-refractivity contribution in [3.8, 4) is 0 Å². The van der Waals surface area contributed by atoms with E-state index >= 15 is 0 Å². The van der Waals surface area contributed by atoms with Gasteiger partial charge in [0.05, 0.1) is 0 Å². The van der Waals surface area contributed by atoms with E-state index < -0.39 is 0 Å². The van der Waals surface area contributed by atoms with E-state index in [-0.39, 0.29) is 0 Å². The Morgan fingerprint density at radius 2 is 2.57 bits per heavy atom. The van der Waals surface area contributed by atoms with Gasteiger partial charge in [0.15, 0.2) is 0 Å². The molecule has 0 saturated heterocycles. The van der Waals surface area contributed by atoms with Crippen molar-refractivity contribution in [2.45, 2.75) is 13.3 Å². The fraction of sp³-hybridized carbons (Fsp3) is 0.500. The van der Waals surface area contributed by atoms with Crippen molar-refractivity contribution in [1.82, 2.24) is 0 Å². The van der Waals surface area contributed by atoms with Crippen LogP contribution in [0.25, 0.3) is 10.4 Å². The molecule has 0 atom stereocenters. The summed E-state index contributed by atoms with van der Waals surface area (Å²) in [6.07, 6.45) is 4.15. The zero-order valence-corrected chi connectivity index (χ0v) is 4.20. The van der Waals surface area contributed by atoms with Gasteiger partial charge in [-0.05, 0) is 18.2 Å². The molecule has 0 aliphatic carbocycles. The van der Waals surface area contributed by atoms with E-state index in [2.05, 4.69) is 10.0 Å². The van der Waals surface area contributed by atoms with Gasteiger partial charge in [-0.2, -0.15) is 0 Å². The Morgan fingerprint density at radius 1 is 1.86 bits per heavy atom. The summed E-state index contributed by atoms with van der Waals surface area (Å²) in [6, 6.07) is 0. The molecule has 38 valence electrons. The molecule has 0 aromatic heterocycles. The maximum atomic E-state index is 7.70. The summed E-state index contributed by atoms with van der Waals surface area (Å²) < 4.78 is 0. The van der Waals surface area contributed by atoms with E-state index in [1.165, 1.54) is 6.20 Å². The predicted molar refractivity (Wildman–Crippen MR) is 28.6 cm³/mol. The van der Waals surface area contributed by atoms with Crippen molar-refractivity contribution in [1.29, 1.82) is 0 Å². The first-order valence-corrected chi connectivity index (χ1v) is 2.11. The van der Waals surface area contributed by atoms with Crippen LogP contribution in [-0.4, -0.2) is 0 Å². The smallest absolute Gasteiger partial charge is 0.00474 e. The molecule has 0 aromatic rings. The lowest BCUT2D eigenvalue weighted by Crippen LogP contribution is -1.46. The van der Waals surface area contributed by atoms with Crippen LogP contribution in [0.15, 0.2) is 17.4 Å². The summed E-state index contributed by atoms with van der Waals surface area (Å²) in [5, 5.41) is 3.16. The highest BCUT2D eigenvalue weighted by molar-refractivity contribution is 4.77. The summed E-state index contributed by atoms with van der Waals surface area (Å²) in [7, 11) is 0. The van der Waals surface area contributed by atoms with Crippen LogP contribution >= 0.6 is 0 Å². The molecule has 0 unspecified atom stereocenters. The van der Waals surface area contributed by atoms with Gasteiger partial charge in [-0.15, -0.1) is 0 Å². The van der Waals surface area contributed by atoms with E-state index in [0.29, 0.717) is 0 Å². The van der Waals surface area contributed by atoms with E-state index in [4.69, 9.17) is 5.53 Å². The Hall–Kier alpha value is -0.950. The van der Waals surface area contributed by atoms with Crippen LogP contribution in [-0.2, 0) is 0 Å². The summed E-state index contributed by atoms with van der Waals surface area (Å²) in [5.41, 5.74) is 7.70. The van der Waals surface area contributed by atoms with E-state index in [1.54, 1.807) is 6.08 Å². The van der Waals surface area contributed by atoms with Crippen LogP contribution in [0, 0.1) is 0 Å². The molecule has 3 heteroatoms. The third-order valence-electron chi connectivity index (χ3n) is 0.459. The molecule has 0 aromatic carbocycles. The van der Waals surface area contributed by atoms with Crippen LogP contribution < -0.4 is 0 Å². The van der Waals surface area contributed by atoms with Crippen molar-refractivity contribution >= 4 is 0 Å². The Bertz CT molecular complexity index is 99.5. The van der Waals surface area contributed by atoms with Crippen molar-refractivity contribution in [3.05, 3.63) is 22.7 Å². The number of nitrogens with zero attached hydrogens (tertiary/aromatic N) is 3. The number of allylic oxidation sites excluding steroid dienone is 1. The monoisotopic (exact) mass is 97.1 g/mol. The summed E-state index contributed by atoms with van der Waals surface area (Å²) in [6.45, 7) is 1.98. The molecule has 0 heterocycles. The Labute approximate surface area is 42.3 Å². The molecule has 0 radical (unpaired) electrons. The van der Waals surface area contributed by atoms with Crippen molar-refractivity contribution in [3.63, 3.8) is 0 Å². The summed E-state index contributed by atoms with van der Waals surface area (Å²) in [5.74, 6) is 0. The molecule has 3 nitrogen and oxygen atoms in total. The second kappa shape index (κ2) is 5.05. The third kappa shape index (κ3) is 5.05. The average Bonchev–Trinajstić information content (AvgIpc) is 1.69. The zero-order valence-electron chi connectivity index (χ0n) is 4.20. The zero-order chi connectivity index (χ0) is 5.54. The second-order valence-electron chi connectivity index (χ2n) is 0.998. The molecule has 0 N–H and O–H groups in total. The molecule has 7 heavy (non-hydrogen) atoms. The van der Waals surface area contributed by atoms with Gasteiger partial charge in [-0.3, -0.25) is 0 Å². The van der Waals surface area contributed by atoms with Gasteiger partial charge in [0, 0.05) is 4.91 Å². The van der Waals surface area contributed by atoms with E-state index in [1.807, 2.05) is 6.92 Å². The van der Waals surface area contributed by atoms with Crippen LogP contribution in [0.3, 0.4) is 0 Å². The molecule has 0 aliphatic heterocycles. The highest BCUT2D eigenvalue weighted by atomic mass is 15.1.